The van der Waals surface area contributed by atoms with Crippen LogP contribution in [0.3, 0.4) is 0 Å². The van der Waals surface area contributed by atoms with Gasteiger partial charge in [0.1, 0.15) is 17.2 Å². The van der Waals surface area contributed by atoms with Crippen molar-refractivity contribution in [2.45, 2.75) is 57.0 Å². The van der Waals surface area contributed by atoms with Crippen LogP contribution in [-0.2, 0) is 18.4 Å². The van der Waals surface area contributed by atoms with E-state index in [1.54, 1.807) is 7.05 Å². The lowest BCUT2D eigenvalue weighted by Crippen LogP contribution is -2.33. The molecule has 0 aliphatic carbocycles. The van der Waals surface area contributed by atoms with E-state index < -0.39 is 11.6 Å². The van der Waals surface area contributed by atoms with E-state index in [0.29, 0.717) is 29.2 Å². The van der Waals surface area contributed by atoms with Gasteiger partial charge in [0.05, 0.1) is 0 Å². The molecule has 2 heterocycles. The largest absolute Gasteiger partial charge is 0.358 e. The first-order valence-corrected chi connectivity index (χ1v) is 12.4. The fourth-order valence-corrected chi connectivity index (χ4v) is 4.98. The molecular weight excluding hydrogens is 470 g/mol. The lowest BCUT2D eigenvalue weighted by molar-refractivity contribution is 0.0959. The highest BCUT2D eigenvalue weighted by molar-refractivity contribution is 8.00. The Bertz CT molecular complexity index is 1220. The molecule has 2 N–H and O–H groups in total. The number of nitrogens with zero attached hydrogens (tertiary/aromatic N) is 2. The highest BCUT2D eigenvalue weighted by atomic mass is 32.2. The molecule has 0 spiro atoms. The van der Waals surface area contributed by atoms with E-state index in [2.05, 4.69) is 32.2 Å². The minimum absolute atomic E-state index is 0.121. The number of rotatable bonds is 6. The van der Waals surface area contributed by atoms with Gasteiger partial charge in [-0.2, -0.15) is 0 Å². The third kappa shape index (κ3) is 5.51. The molecule has 0 bridgehead atoms. The number of anilines is 1. The van der Waals surface area contributed by atoms with Gasteiger partial charge in [-0.05, 0) is 66.2 Å². The van der Waals surface area contributed by atoms with Crippen LogP contribution in [0.25, 0.3) is 0 Å². The molecule has 186 valence electrons. The number of benzene rings is 2. The van der Waals surface area contributed by atoms with Crippen molar-refractivity contribution in [3.05, 3.63) is 76.0 Å². The molecule has 3 aromatic rings. The van der Waals surface area contributed by atoms with Crippen molar-refractivity contribution in [1.29, 1.82) is 0 Å². The molecule has 9 heteroatoms. The van der Waals surface area contributed by atoms with Gasteiger partial charge in [0, 0.05) is 42.6 Å². The molecule has 0 saturated heterocycles. The van der Waals surface area contributed by atoms with Crippen LogP contribution in [0.4, 0.5) is 14.6 Å². The fraction of sp³-hybridized carbons (Fsp3) is 0.385. The number of amides is 1. The van der Waals surface area contributed by atoms with Gasteiger partial charge in [-0.3, -0.25) is 9.69 Å². The second kappa shape index (κ2) is 9.99. The van der Waals surface area contributed by atoms with E-state index >= 15 is 0 Å². The van der Waals surface area contributed by atoms with Crippen molar-refractivity contribution in [1.82, 2.24) is 15.4 Å². The summed E-state index contributed by atoms with van der Waals surface area (Å²) in [6, 6.07) is 9.80. The van der Waals surface area contributed by atoms with E-state index in [0.717, 1.165) is 29.5 Å². The highest BCUT2D eigenvalue weighted by Gasteiger charge is 2.31. The number of fused-ring (bicyclic) bond motifs is 1. The van der Waals surface area contributed by atoms with Crippen LogP contribution in [0.1, 0.15) is 66.5 Å². The highest BCUT2D eigenvalue weighted by Crippen LogP contribution is 2.34. The van der Waals surface area contributed by atoms with Gasteiger partial charge < -0.3 is 14.6 Å². The number of hydrogen-bond acceptors (Lipinski definition) is 6. The Hall–Kier alpha value is -2.91. The molecule has 1 unspecified atom stereocenters. The average molecular weight is 501 g/mol. The van der Waals surface area contributed by atoms with Crippen LogP contribution in [0.2, 0.25) is 0 Å². The first kappa shape index (κ1) is 25.2. The third-order valence-electron chi connectivity index (χ3n) is 6.23. The number of carbonyl (C=O) groups is 1. The SMILES string of the molecule is CNC(=O)c1c(NSc2ccc3c(c2)CN(C(C)c2cc(F)cc(F)c2)CC3)noc1C(C)(C)C. The Labute approximate surface area is 208 Å². The third-order valence-corrected chi connectivity index (χ3v) is 7.01. The van der Waals surface area contributed by atoms with E-state index in [4.69, 9.17) is 4.52 Å². The first-order valence-electron chi connectivity index (χ1n) is 11.5. The summed E-state index contributed by atoms with van der Waals surface area (Å²) in [6.45, 7) is 9.34. The number of halogens is 2. The zero-order valence-corrected chi connectivity index (χ0v) is 21.4. The Morgan fingerprint density at radius 2 is 1.86 bits per heavy atom. The number of hydrogen-bond donors (Lipinski definition) is 2. The van der Waals surface area contributed by atoms with Crippen molar-refractivity contribution in [3.8, 4) is 0 Å². The van der Waals surface area contributed by atoms with Crippen LogP contribution in [-0.4, -0.2) is 29.6 Å². The Morgan fingerprint density at radius 3 is 2.51 bits per heavy atom. The lowest BCUT2D eigenvalue weighted by Gasteiger charge is -2.34. The predicted molar refractivity (Wildman–Crippen MR) is 133 cm³/mol. The Kier molecular flexibility index (Phi) is 7.19. The van der Waals surface area contributed by atoms with Crippen LogP contribution < -0.4 is 10.0 Å². The minimum atomic E-state index is -0.562. The molecule has 1 aromatic heterocycles. The second-order valence-electron chi connectivity index (χ2n) is 9.80. The summed E-state index contributed by atoms with van der Waals surface area (Å²) in [5, 5.41) is 6.75. The van der Waals surface area contributed by atoms with Crippen LogP contribution in [0.15, 0.2) is 45.8 Å². The van der Waals surface area contributed by atoms with Gasteiger partial charge >= 0.3 is 0 Å². The van der Waals surface area contributed by atoms with Crippen molar-refractivity contribution < 1.29 is 18.1 Å². The van der Waals surface area contributed by atoms with Crippen molar-refractivity contribution in [2.24, 2.45) is 0 Å². The number of nitrogens with one attached hydrogen (secondary N) is 2. The molecule has 35 heavy (non-hydrogen) atoms. The molecular formula is C26H30F2N4O2S. The molecule has 4 rings (SSSR count). The summed E-state index contributed by atoms with van der Waals surface area (Å²) in [7, 11) is 1.58. The van der Waals surface area contributed by atoms with Crippen molar-refractivity contribution in [2.75, 3.05) is 18.3 Å². The monoisotopic (exact) mass is 500 g/mol. The number of aromatic nitrogens is 1. The minimum Gasteiger partial charge on any atom is -0.358 e. The van der Waals surface area contributed by atoms with Gasteiger partial charge in [0.25, 0.3) is 5.91 Å². The van der Waals surface area contributed by atoms with E-state index in [-0.39, 0.29) is 17.4 Å². The molecule has 1 aliphatic heterocycles. The van der Waals surface area contributed by atoms with E-state index in [1.807, 2.05) is 33.8 Å². The molecule has 0 saturated carbocycles. The van der Waals surface area contributed by atoms with E-state index in [9.17, 15) is 13.6 Å². The molecule has 6 nitrogen and oxygen atoms in total. The smallest absolute Gasteiger partial charge is 0.258 e. The standard InChI is InChI=1S/C26H30F2N4O2S/c1-15(17-10-19(27)13-20(28)11-17)32-9-8-16-6-7-21(12-18(16)14-32)35-31-24-22(25(33)29-5)23(34-30-24)26(2,3)4/h6-7,10-13,15H,8-9,14H2,1-5H3,(H,29,33)(H,30,31). The molecule has 1 atom stereocenters. The van der Waals surface area contributed by atoms with Gasteiger partial charge in [-0.1, -0.05) is 32.0 Å². The maximum atomic E-state index is 13.7. The van der Waals surface area contributed by atoms with E-state index in [1.165, 1.54) is 29.6 Å². The average Bonchev–Trinajstić information content (AvgIpc) is 3.25. The first-order chi connectivity index (χ1) is 16.6. The van der Waals surface area contributed by atoms with Gasteiger partial charge in [0.15, 0.2) is 11.6 Å². The number of carbonyl (C=O) groups excluding carboxylic acids is 1. The second-order valence-corrected chi connectivity index (χ2v) is 10.7. The summed E-state index contributed by atoms with van der Waals surface area (Å²) < 4.78 is 36.2. The van der Waals surface area contributed by atoms with Crippen molar-refractivity contribution >= 4 is 23.7 Å². The summed E-state index contributed by atoms with van der Waals surface area (Å²) in [6.07, 6.45) is 0.856. The van der Waals surface area contributed by atoms with Crippen LogP contribution in [0.5, 0.6) is 0 Å². The Morgan fingerprint density at radius 1 is 1.14 bits per heavy atom. The zero-order chi connectivity index (χ0) is 25.3. The topological polar surface area (TPSA) is 70.4 Å². The van der Waals surface area contributed by atoms with Gasteiger partial charge in [-0.15, -0.1) is 0 Å². The lowest BCUT2D eigenvalue weighted by atomic mass is 9.90. The summed E-state index contributed by atoms with van der Waals surface area (Å²) in [5.41, 5.74) is 3.06. The molecule has 1 aliphatic rings. The normalized spacial score (nSPS) is 14.9. The molecule has 1 amide bonds. The predicted octanol–water partition coefficient (Wildman–Crippen LogP) is 5.85. The van der Waals surface area contributed by atoms with Gasteiger partial charge in [-0.25, -0.2) is 8.78 Å². The maximum Gasteiger partial charge on any atom is 0.258 e. The summed E-state index contributed by atoms with van der Waals surface area (Å²) in [5.74, 6) is -0.493. The fourth-order valence-electron chi connectivity index (χ4n) is 4.29. The molecule has 0 fully saturated rings. The van der Waals surface area contributed by atoms with Crippen LogP contribution >= 0.6 is 11.9 Å². The molecule has 2 aromatic carbocycles. The summed E-state index contributed by atoms with van der Waals surface area (Å²) >= 11 is 1.35. The summed E-state index contributed by atoms with van der Waals surface area (Å²) in [4.78, 5) is 15.7. The Balaban J connectivity index is 1.50. The van der Waals surface area contributed by atoms with Crippen molar-refractivity contribution in [3.63, 3.8) is 0 Å². The maximum absolute atomic E-state index is 13.7. The zero-order valence-electron chi connectivity index (χ0n) is 20.5. The molecule has 0 radical (unpaired) electrons. The van der Waals surface area contributed by atoms with Gasteiger partial charge in [0.2, 0.25) is 0 Å². The quantitative estimate of drug-likeness (QED) is 0.414. The van der Waals surface area contributed by atoms with Crippen LogP contribution in [0, 0.1) is 11.6 Å².